The number of thiazole rings is 1. The van der Waals surface area contributed by atoms with E-state index < -0.39 is 0 Å². The quantitative estimate of drug-likeness (QED) is 0.695. The fourth-order valence-corrected chi connectivity index (χ4v) is 4.43. The number of amides is 2. The van der Waals surface area contributed by atoms with Crippen molar-refractivity contribution in [2.24, 2.45) is 0 Å². The average Bonchev–Trinajstić information content (AvgIpc) is 3.31. The molecule has 2 aromatic rings. The number of carbonyl (C=O) groups is 1. The van der Waals surface area contributed by atoms with Gasteiger partial charge in [-0.1, -0.05) is 29.7 Å². The molecule has 2 amide bonds. The van der Waals surface area contributed by atoms with Crippen LogP contribution in [0.15, 0.2) is 24.3 Å². The summed E-state index contributed by atoms with van der Waals surface area (Å²) in [6, 6.07) is 7.24. The maximum Gasteiger partial charge on any atom is 0.318 e. The molecule has 1 aliphatic heterocycles. The standard InChI is InChI=1S/C21H24ClN3O2S/c1-4-11-25(13-18-6-5-12-27-18)21(26)24-15(3)19-14(2)23-20(28-19)16-7-9-17(22)10-8-16/h1,7-10,15,18H,5-6,11-13H2,2-3H3,(H,24,26)/t15-,18+/m1/s1. The van der Waals surface area contributed by atoms with E-state index in [-0.39, 0.29) is 24.7 Å². The first kappa shape index (κ1) is 20.7. The van der Waals surface area contributed by atoms with Gasteiger partial charge < -0.3 is 15.0 Å². The fraction of sp³-hybridized carbons (Fsp3) is 0.429. The summed E-state index contributed by atoms with van der Waals surface area (Å²) in [4.78, 5) is 20.1. The highest BCUT2D eigenvalue weighted by Crippen LogP contribution is 2.32. The molecule has 0 unspecified atom stereocenters. The number of aromatic nitrogens is 1. The van der Waals surface area contributed by atoms with Crippen molar-refractivity contribution in [2.75, 3.05) is 19.7 Å². The number of nitrogens with one attached hydrogen (secondary N) is 1. The predicted octanol–water partition coefficient (Wildman–Crippen LogP) is 4.66. The van der Waals surface area contributed by atoms with Crippen LogP contribution in [0.5, 0.6) is 0 Å². The Kier molecular flexibility index (Phi) is 6.95. The topological polar surface area (TPSA) is 54.5 Å². The van der Waals surface area contributed by atoms with Gasteiger partial charge in [-0.15, -0.1) is 17.8 Å². The number of benzene rings is 1. The number of terminal acetylenes is 1. The molecule has 3 rings (SSSR count). The lowest BCUT2D eigenvalue weighted by Gasteiger charge is -2.25. The molecule has 1 saturated heterocycles. The normalized spacial score (nSPS) is 17.1. The molecule has 1 fully saturated rings. The molecule has 0 radical (unpaired) electrons. The Hall–Kier alpha value is -2.07. The van der Waals surface area contributed by atoms with Gasteiger partial charge in [0.25, 0.3) is 0 Å². The lowest BCUT2D eigenvalue weighted by atomic mass is 10.2. The highest BCUT2D eigenvalue weighted by Gasteiger charge is 2.24. The van der Waals surface area contributed by atoms with E-state index in [1.165, 1.54) is 0 Å². The number of ether oxygens (including phenoxy) is 1. The van der Waals surface area contributed by atoms with Crippen molar-refractivity contribution in [3.05, 3.63) is 39.9 Å². The molecular weight excluding hydrogens is 394 g/mol. The van der Waals surface area contributed by atoms with Crippen molar-refractivity contribution in [1.82, 2.24) is 15.2 Å². The molecule has 2 heterocycles. The van der Waals surface area contributed by atoms with Gasteiger partial charge in [-0.3, -0.25) is 0 Å². The van der Waals surface area contributed by atoms with Crippen molar-refractivity contribution >= 4 is 29.0 Å². The van der Waals surface area contributed by atoms with Crippen molar-refractivity contribution < 1.29 is 9.53 Å². The number of halogens is 1. The molecule has 2 atom stereocenters. The second-order valence-corrected chi connectivity index (χ2v) is 8.33. The second kappa shape index (κ2) is 9.42. The zero-order valence-corrected chi connectivity index (χ0v) is 17.6. The van der Waals surface area contributed by atoms with Crippen LogP contribution in [0.1, 0.15) is 36.4 Å². The second-order valence-electron chi connectivity index (χ2n) is 6.87. The molecule has 1 aromatic carbocycles. The van der Waals surface area contributed by atoms with E-state index in [0.717, 1.165) is 40.6 Å². The predicted molar refractivity (Wildman–Crippen MR) is 114 cm³/mol. The fourth-order valence-electron chi connectivity index (χ4n) is 3.23. The third kappa shape index (κ3) is 5.05. The number of rotatable bonds is 6. The zero-order chi connectivity index (χ0) is 20.1. The summed E-state index contributed by atoms with van der Waals surface area (Å²) < 4.78 is 5.64. The third-order valence-corrected chi connectivity index (χ3v) is 6.32. The Bertz CT molecular complexity index is 854. The largest absolute Gasteiger partial charge is 0.376 e. The lowest BCUT2D eigenvalue weighted by molar-refractivity contribution is 0.0842. The number of nitrogens with zero attached hydrogens (tertiary/aromatic N) is 2. The lowest BCUT2D eigenvalue weighted by Crippen LogP contribution is -2.44. The molecule has 7 heteroatoms. The SMILES string of the molecule is C#CCN(C[C@@H]1CCCO1)C(=O)N[C@H](C)c1sc(-c2ccc(Cl)cc2)nc1C. The van der Waals surface area contributed by atoms with Crippen LogP contribution in [-0.2, 0) is 4.74 Å². The van der Waals surface area contributed by atoms with Gasteiger partial charge in [0.2, 0.25) is 0 Å². The Balaban J connectivity index is 1.68. The summed E-state index contributed by atoms with van der Waals surface area (Å²) in [6.45, 7) is 5.44. The highest BCUT2D eigenvalue weighted by atomic mass is 35.5. The van der Waals surface area contributed by atoms with Crippen LogP contribution >= 0.6 is 22.9 Å². The van der Waals surface area contributed by atoms with E-state index in [1.54, 1.807) is 16.2 Å². The Morgan fingerprint density at radius 2 is 2.25 bits per heavy atom. The molecule has 1 N–H and O–H groups in total. The summed E-state index contributed by atoms with van der Waals surface area (Å²) in [5.41, 5.74) is 1.92. The van der Waals surface area contributed by atoms with Crippen molar-refractivity contribution in [1.29, 1.82) is 0 Å². The Labute approximate surface area is 175 Å². The van der Waals surface area contributed by atoms with Crippen LogP contribution in [0.2, 0.25) is 5.02 Å². The van der Waals surface area contributed by atoms with Crippen LogP contribution in [0.25, 0.3) is 10.6 Å². The first-order valence-electron chi connectivity index (χ1n) is 9.31. The maximum atomic E-state index is 12.8. The van der Waals surface area contributed by atoms with Crippen molar-refractivity contribution in [3.63, 3.8) is 0 Å². The monoisotopic (exact) mass is 417 g/mol. The highest BCUT2D eigenvalue weighted by molar-refractivity contribution is 7.15. The van der Waals surface area contributed by atoms with Gasteiger partial charge in [0.15, 0.2) is 0 Å². The van der Waals surface area contributed by atoms with Crippen LogP contribution in [0.3, 0.4) is 0 Å². The van der Waals surface area contributed by atoms with Crippen LogP contribution in [0, 0.1) is 19.3 Å². The van der Waals surface area contributed by atoms with E-state index >= 15 is 0 Å². The minimum atomic E-state index is -0.179. The van der Waals surface area contributed by atoms with Gasteiger partial charge in [-0.05, 0) is 38.8 Å². The van der Waals surface area contributed by atoms with Crippen LogP contribution in [-0.4, -0.2) is 41.7 Å². The summed E-state index contributed by atoms with van der Waals surface area (Å²) in [5, 5.41) is 4.65. The smallest absolute Gasteiger partial charge is 0.318 e. The van der Waals surface area contributed by atoms with Crippen LogP contribution in [0.4, 0.5) is 4.79 Å². The summed E-state index contributed by atoms with van der Waals surface area (Å²) in [7, 11) is 0. The molecular formula is C21H24ClN3O2S. The van der Waals surface area contributed by atoms with Gasteiger partial charge in [-0.2, -0.15) is 0 Å². The minimum Gasteiger partial charge on any atom is -0.376 e. The maximum absolute atomic E-state index is 12.8. The van der Waals surface area contributed by atoms with Crippen molar-refractivity contribution in [3.8, 4) is 22.9 Å². The first-order chi connectivity index (χ1) is 13.5. The molecule has 0 aliphatic carbocycles. The van der Waals surface area contributed by atoms with Gasteiger partial charge in [0.1, 0.15) is 5.01 Å². The molecule has 148 valence electrons. The Morgan fingerprint density at radius 3 is 2.89 bits per heavy atom. The number of urea groups is 1. The van der Waals surface area contributed by atoms with E-state index in [2.05, 4.69) is 16.2 Å². The number of carbonyl (C=O) groups excluding carboxylic acids is 1. The van der Waals surface area contributed by atoms with Gasteiger partial charge in [-0.25, -0.2) is 9.78 Å². The minimum absolute atomic E-state index is 0.0658. The molecule has 1 aromatic heterocycles. The van der Waals surface area contributed by atoms with Crippen LogP contribution < -0.4 is 5.32 Å². The number of aryl methyl sites for hydroxylation is 1. The Morgan fingerprint density at radius 1 is 1.50 bits per heavy atom. The summed E-state index contributed by atoms with van der Waals surface area (Å²) >= 11 is 7.54. The van der Waals surface area contributed by atoms with E-state index in [1.807, 2.05) is 38.1 Å². The van der Waals surface area contributed by atoms with Gasteiger partial charge in [0, 0.05) is 23.7 Å². The average molecular weight is 418 g/mol. The number of hydrogen-bond acceptors (Lipinski definition) is 4. The molecule has 0 bridgehead atoms. The van der Waals surface area contributed by atoms with Gasteiger partial charge in [0.05, 0.1) is 29.3 Å². The molecule has 28 heavy (non-hydrogen) atoms. The zero-order valence-electron chi connectivity index (χ0n) is 16.1. The van der Waals surface area contributed by atoms with E-state index in [4.69, 9.17) is 22.8 Å². The van der Waals surface area contributed by atoms with E-state index in [9.17, 15) is 4.79 Å². The molecule has 0 saturated carbocycles. The first-order valence-corrected chi connectivity index (χ1v) is 10.5. The summed E-state index contributed by atoms with van der Waals surface area (Å²) in [6.07, 6.45) is 7.51. The number of hydrogen-bond donors (Lipinski definition) is 1. The molecule has 1 aliphatic rings. The molecule has 0 spiro atoms. The summed E-state index contributed by atoms with van der Waals surface area (Å²) in [5.74, 6) is 2.57. The van der Waals surface area contributed by atoms with Gasteiger partial charge >= 0.3 is 6.03 Å². The van der Waals surface area contributed by atoms with E-state index in [0.29, 0.717) is 11.6 Å². The third-order valence-electron chi connectivity index (χ3n) is 4.67. The molecule has 5 nitrogen and oxygen atoms in total. The van der Waals surface area contributed by atoms with Crippen molar-refractivity contribution in [2.45, 2.75) is 38.8 Å².